The maximum Gasteiger partial charge on any atom is 0.326 e. The fourth-order valence-corrected chi connectivity index (χ4v) is 3.13. The minimum Gasteiger partial charge on any atom is -0.481 e. The van der Waals surface area contributed by atoms with Gasteiger partial charge in [0.15, 0.2) is 0 Å². The van der Waals surface area contributed by atoms with Gasteiger partial charge in [-0.3, -0.25) is 19.2 Å². The molecule has 0 aromatic carbocycles. The highest BCUT2D eigenvalue weighted by Crippen LogP contribution is 2.06. The Balaban J connectivity index is 5.18. The van der Waals surface area contributed by atoms with Gasteiger partial charge in [-0.2, -0.15) is 11.8 Å². The summed E-state index contributed by atoms with van der Waals surface area (Å²) in [7, 11) is 0. The SMILES string of the molecule is CSCCC(NC(=O)C(N)CC(C)C)C(=O)NC(CO)C(=O)NC(CCC(=O)O)C(=O)O. The first-order valence-corrected chi connectivity index (χ1v) is 11.5. The van der Waals surface area contributed by atoms with Crippen molar-refractivity contribution in [2.75, 3.05) is 18.6 Å². The third kappa shape index (κ3) is 11.9. The summed E-state index contributed by atoms with van der Waals surface area (Å²) in [5, 5.41) is 34.3. The number of rotatable bonds is 16. The molecule has 12 nitrogen and oxygen atoms in total. The van der Waals surface area contributed by atoms with E-state index in [1.54, 1.807) is 0 Å². The van der Waals surface area contributed by atoms with Crippen molar-refractivity contribution in [1.82, 2.24) is 16.0 Å². The van der Waals surface area contributed by atoms with Crippen molar-refractivity contribution in [2.24, 2.45) is 11.7 Å². The maximum atomic E-state index is 12.7. The molecule has 0 spiro atoms. The molecule has 0 aliphatic rings. The summed E-state index contributed by atoms with van der Waals surface area (Å²) in [6, 6.07) is -4.84. The van der Waals surface area contributed by atoms with Gasteiger partial charge in [-0.05, 0) is 37.2 Å². The molecule has 4 unspecified atom stereocenters. The number of carboxylic acids is 2. The van der Waals surface area contributed by atoms with Gasteiger partial charge in [-0.1, -0.05) is 13.8 Å². The average Bonchev–Trinajstić information content (AvgIpc) is 2.70. The second-order valence-electron chi connectivity index (χ2n) is 7.65. The molecule has 0 saturated heterocycles. The zero-order valence-electron chi connectivity index (χ0n) is 18.5. The lowest BCUT2D eigenvalue weighted by atomic mass is 10.0. The van der Waals surface area contributed by atoms with E-state index < -0.39 is 66.9 Å². The van der Waals surface area contributed by atoms with Crippen LogP contribution in [0.1, 0.15) is 39.5 Å². The molecule has 0 rings (SSSR count). The number of aliphatic hydroxyl groups excluding tert-OH is 1. The van der Waals surface area contributed by atoms with E-state index in [4.69, 9.17) is 15.9 Å². The van der Waals surface area contributed by atoms with Gasteiger partial charge < -0.3 is 37.0 Å². The standard InChI is InChI=1S/C19H34N4O8S/c1-10(2)8-11(20)16(27)21-12(6-7-32-3)17(28)23-14(9-24)18(29)22-13(19(30)31)4-5-15(25)26/h10-14,24H,4-9,20H2,1-3H3,(H,21,27)(H,22,29)(H,23,28)(H,25,26)(H,30,31). The number of carboxylic acid groups (broad SMARTS) is 2. The molecule has 0 aliphatic carbocycles. The largest absolute Gasteiger partial charge is 0.481 e. The number of aliphatic hydroxyl groups is 1. The normalized spacial score (nSPS) is 14.7. The lowest BCUT2D eigenvalue weighted by molar-refractivity contribution is -0.143. The summed E-state index contributed by atoms with van der Waals surface area (Å²) in [6.07, 6.45) is 1.60. The van der Waals surface area contributed by atoms with Gasteiger partial charge in [-0.25, -0.2) is 4.79 Å². The summed E-state index contributed by atoms with van der Waals surface area (Å²) in [5.41, 5.74) is 5.85. The molecular weight excluding hydrogens is 444 g/mol. The molecule has 0 heterocycles. The zero-order chi connectivity index (χ0) is 24.8. The number of amides is 3. The topological polar surface area (TPSA) is 208 Å². The Morgan fingerprint density at radius 2 is 1.41 bits per heavy atom. The van der Waals surface area contributed by atoms with Crippen LogP contribution in [0.4, 0.5) is 0 Å². The van der Waals surface area contributed by atoms with Gasteiger partial charge >= 0.3 is 11.9 Å². The lowest BCUT2D eigenvalue weighted by Gasteiger charge is -2.24. The highest BCUT2D eigenvalue weighted by molar-refractivity contribution is 7.98. The van der Waals surface area contributed by atoms with Crippen LogP contribution >= 0.6 is 11.8 Å². The summed E-state index contributed by atoms with van der Waals surface area (Å²) in [6.45, 7) is 2.96. The molecule has 0 aliphatic heterocycles. The van der Waals surface area contributed by atoms with Crippen molar-refractivity contribution in [1.29, 1.82) is 0 Å². The van der Waals surface area contributed by atoms with Crippen LogP contribution in [-0.2, 0) is 24.0 Å². The first-order chi connectivity index (χ1) is 14.9. The van der Waals surface area contributed by atoms with Crippen molar-refractivity contribution < 1.29 is 39.3 Å². The van der Waals surface area contributed by atoms with Crippen LogP contribution in [0.5, 0.6) is 0 Å². The molecule has 4 atom stereocenters. The minimum atomic E-state index is -1.51. The first kappa shape index (κ1) is 29.6. The molecular formula is C19H34N4O8S. The molecule has 32 heavy (non-hydrogen) atoms. The van der Waals surface area contributed by atoms with Crippen LogP contribution in [0, 0.1) is 5.92 Å². The minimum absolute atomic E-state index is 0.167. The van der Waals surface area contributed by atoms with Gasteiger partial charge in [0.2, 0.25) is 17.7 Å². The summed E-state index contributed by atoms with van der Waals surface area (Å²) in [5.74, 6) is -4.26. The number of aliphatic carboxylic acids is 2. The predicted octanol–water partition coefficient (Wildman–Crippen LogP) is -1.49. The number of carbonyl (C=O) groups excluding carboxylic acids is 3. The molecule has 8 N–H and O–H groups in total. The van der Waals surface area contributed by atoms with E-state index in [0.29, 0.717) is 12.2 Å². The van der Waals surface area contributed by atoms with E-state index in [2.05, 4.69) is 16.0 Å². The predicted molar refractivity (Wildman–Crippen MR) is 118 cm³/mol. The Kier molecular flexibility index (Phi) is 14.3. The number of nitrogens with one attached hydrogen (secondary N) is 3. The quantitative estimate of drug-likeness (QED) is 0.137. The summed E-state index contributed by atoms with van der Waals surface area (Å²) in [4.78, 5) is 59.3. The van der Waals surface area contributed by atoms with Gasteiger partial charge in [0.05, 0.1) is 12.6 Å². The molecule has 0 aromatic heterocycles. The van der Waals surface area contributed by atoms with Crippen molar-refractivity contribution >= 4 is 41.4 Å². The Morgan fingerprint density at radius 1 is 0.875 bits per heavy atom. The van der Waals surface area contributed by atoms with Gasteiger partial charge in [0, 0.05) is 6.42 Å². The van der Waals surface area contributed by atoms with Crippen LogP contribution < -0.4 is 21.7 Å². The molecule has 0 fully saturated rings. The lowest BCUT2D eigenvalue weighted by Crippen LogP contribution is -2.58. The second-order valence-corrected chi connectivity index (χ2v) is 8.64. The molecule has 0 bridgehead atoms. The van der Waals surface area contributed by atoms with Crippen LogP contribution in [0.25, 0.3) is 0 Å². The van der Waals surface area contributed by atoms with E-state index >= 15 is 0 Å². The third-order valence-electron chi connectivity index (χ3n) is 4.38. The maximum absolute atomic E-state index is 12.7. The Hall–Kier alpha value is -2.38. The van der Waals surface area contributed by atoms with Crippen molar-refractivity contribution in [3.05, 3.63) is 0 Å². The zero-order valence-corrected chi connectivity index (χ0v) is 19.3. The summed E-state index contributed by atoms with van der Waals surface area (Å²) < 4.78 is 0. The Morgan fingerprint density at radius 3 is 1.88 bits per heavy atom. The second kappa shape index (κ2) is 15.4. The van der Waals surface area contributed by atoms with Crippen LogP contribution in [0.15, 0.2) is 0 Å². The van der Waals surface area contributed by atoms with Gasteiger partial charge in [0.1, 0.15) is 18.1 Å². The van der Waals surface area contributed by atoms with Crippen LogP contribution in [0.2, 0.25) is 0 Å². The highest BCUT2D eigenvalue weighted by Gasteiger charge is 2.30. The number of hydrogen-bond donors (Lipinski definition) is 7. The van der Waals surface area contributed by atoms with E-state index in [1.165, 1.54) is 11.8 Å². The van der Waals surface area contributed by atoms with Crippen molar-refractivity contribution in [3.8, 4) is 0 Å². The summed E-state index contributed by atoms with van der Waals surface area (Å²) >= 11 is 1.44. The monoisotopic (exact) mass is 478 g/mol. The Labute approximate surface area is 191 Å². The first-order valence-electron chi connectivity index (χ1n) is 10.1. The fourth-order valence-electron chi connectivity index (χ4n) is 2.66. The number of thioether (sulfide) groups is 1. The van der Waals surface area contributed by atoms with E-state index in [9.17, 15) is 29.1 Å². The Bertz CT molecular complexity index is 661. The molecule has 0 saturated carbocycles. The van der Waals surface area contributed by atoms with Crippen molar-refractivity contribution in [3.63, 3.8) is 0 Å². The van der Waals surface area contributed by atoms with Gasteiger partial charge in [-0.15, -0.1) is 0 Å². The van der Waals surface area contributed by atoms with E-state index in [-0.39, 0.29) is 18.8 Å². The smallest absolute Gasteiger partial charge is 0.326 e. The molecule has 184 valence electrons. The number of nitrogens with two attached hydrogens (primary N) is 1. The van der Waals surface area contributed by atoms with E-state index in [0.717, 1.165) is 0 Å². The van der Waals surface area contributed by atoms with Crippen LogP contribution in [0.3, 0.4) is 0 Å². The third-order valence-corrected chi connectivity index (χ3v) is 5.03. The molecule has 3 amide bonds. The van der Waals surface area contributed by atoms with Gasteiger partial charge in [0.25, 0.3) is 0 Å². The van der Waals surface area contributed by atoms with Crippen LogP contribution in [-0.4, -0.2) is 87.8 Å². The number of hydrogen-bond acceptors (Lipinski definition) is 8. The van der Waals surface area contributed by atoms with Crippen molar-refractivity contribution in [2.45, 2.75) is 63.7 Å². The van der Waals surface area contributed by atoms with E-state index in [1.807, 2.05) is 20.1 Å². The molecule has 0 aromatic rings. The molecule has 0 radical (unpaired) electrons. The fraction of sp³-hybridized carbons (Fsp3) is 0.737. The average molecular weight is 479 g/mol. The highest BCUT2D eigenvalue weighted by atomic mass is 32.2. The number of carbonyl (C=O) groups is 5. The molecule has 13 heteroatoms.